The van der Waals surface area contributed by atoms with Crippen LogP contribution in [0.5, 0.6) is 11.5 Å². The van der Waals surface area contributed by atoms with Crippen molar-refractivity contribution < 1.29 is 23.8 Å². The Morgan fingerprint density at radius 1 is 1.05 bits per heavy atom. The smallest absolute Gasteiger partial charge is 0.322 e. The molecule has 2 heterocycles. The SMILES string of the molecule is COc1ccc(CCN(Cc2ccc(C)s2)C(=O)CN(CC2CCCO2)C(=O)Nc2ccc(SC)cc2)cc1OC. The van der Waals surface area contributed by atoms with Crippen LogP contribution in [0.3, 0.4) is 0 Å². The molecular formula is C31H39N3O5S2. The summed E-state index contributed by atoms with van der Waals surface area (Å²) in [5.41, 5.74) is 1.72. The lowest BCUT2D eigenvalue weighted by Crippen LogP contribution is -2.47. The van der Waals surface area contributed by atoms with Crippen molar-refractivity contribution in [2.24, 2.45) is 0 Å². The van der Waals surface area contributed by atoms with Crippen LogP contribution in [0, 0.1) is 6.92 Å². The highest BCUT2D eigenvalue weighted by Crippen LogP contribution is 2.28. The molecule has 1 unspecified atom stereocenters. The molecule has 4 rings (SSSR count). The largest absolute Gasteiger partial charge is 0.493 e. The Kier molecular flexibility index (Phi) is 11.4. The number of ether oxygens (including phenoxy) is 3. The number of nitrogens with zero attached hydrogens (tertiary/aromatic N) is 2. The second-order valence-corrected chi connectivity index (χ2v) is 12.2. The van der Waals surface area contributed by atoms with E-state index in [1.807, 2.05) is 53.6 Å². The lowest BCUT2D eigenvalue weighted by atomic mass is 10.1. The van der Waals surface area contributed by atoms with Crippen molar-refractivity contribution in [2.75, 3.05) is 52.0 Å². The minimum absolute atomic E-state index is 0.0368. The van der Waals surface area contributed by atoms with E-state index in [-0.39, 0.29) is 24.6 Å². The molecule has 0 spiro atoms. The first-order valence-corrected chi connectivity index (χ1v) is 15.8. The van der Waals surface area contributed by atoms with Crippen LogP contribution in [0.1, 0.15) is 28.2 Å². The zero-order valence-electron chi connectivity index (χ0n) is 24.2. The van der Waals surface area contributed by atoms with E-state index in [0.29, 0.717) is 49.8 Å². The monoisotopic (exact) mass is 597 g/mol. The molecule has 0 radical (unpaired) electrons. The van der Waals surface area contributed by atoms with Crippen molar-refractivity contribution in [1.82, 2.24) is 9.80 Å². The molecule has 41 heavy (non-hydrogen) atoms. The van der Waals surface area contributed by atoms with E-state index in [9.17, 15) is 9.59 Å². The number of methoxy groups -OCH3 is 2. The summed E-state index contributed by atoms with van der Waals surface area (Å²) in [6.07, 6.45) is 4.40. The Balaban J connectivity index is 1.50. The molecule has 220 valence electrons. The van der Waals surface area contributed by atoms with Gasteiger partial charge in [-0.2, -0.15) is 0 Å². The maximum Gasteiger partial charge on any atom is 0.322 e. The molecule has 0 saturated carbocycles. The van der Waals surface area contributed by atoms with Crippen molar-refractivity contribution in [2.45, 2.75) is 43.7 Å². The van der Waals surface area contributed by atoms with Gasteiger partial charge in [-0.25, -0.2) is 4.79 Å². The third-order valence-corrected chi connectivity index (χ3v) is 8.75. The van der Waals surface area contributed by atoms with E-state index in [1.165, 1.54) is 4.88 Å². The number of nitrogens with one attached hydrogen (secondary N) is 1. The van der Waals surface area contributed by atoms with Crippen molar-refractivity contribution in [1.29, 1.82) is 0 Å². The molecule has 1 aliphatic rings. The predicted octanol–water partition coefficient (Wildman–Crippen LogP) is 6.08. The van der Waals surface area contributed by atoms with E-state index in [2.05, 4.69) is 24.4 Å². The average molecular weight is 598 g/mol. The quantitative estimate of drug-likeness (QED) is 0.241. The van der Waals surface area contributed by atoms with Crippen LogP contribution in [-0.4, -0.2) is 74.6 Å². The van der Waals surface area contributed by atoms with Crippen LogP contribution in [0.2, 0.25) is 0 Å². The van der Waals surface area contributed by atoms with Gasteiger partial charge < -0.3 is 29.3 Å². The molecule has 0 aliphatic carbocycles. The van der Waals surface area contributed by atoms with Crippen LogP contribution in [0.4, 0.5) is 10.5 Å². The zero-order valence-corrected chi connectivity index (χ0v) is 25.8. The highest BCUT2D eigenvalue weighted by molar-refractivity contribution is 7.98. The first-order valence-electron chi connectivity index (χ1n) is 13.7. The number of thioether (sulfide) groups is 1. The summed E-state index contributed by atoms with van der Waals surface area (Å²) in [4.78, 5) is 34.1. The first kappa shape index (κ1) is 30.7. The maximum atomic E-state index is 13.8. The van der Waals surface area contributed by atoms with Gasteiger partial charge in [-0.05, 0) is 86.5 Å². The molecule has 3 aromatic rings. The first-order chi connectivity index (χ1) is 19.9. The van der Waals surface area contributed by atoms with Crippen molar-refractivity contribution in [3.8, 4) is 11.5 Å². The zero-order chi connectivity index (χ0) is 29.2. The second-order valence-electron chi connectivity index (χ2n) is 9.94. The summed E-state index contributed by atoms with van der Waals surface area (Å²) in [5.74, 6) is 1.21. The lowest BCUT2D eigenvalue weighted by molar-refractivity contribution is -0.132. The summed E-state index contributed by atoms with van der Waals surface area (Å²) >= 11 is 3.32. The Labute approximate surface area is 251 Å². The van der Waals surface area contributed by atoms with Crippen molar-refractivity contribution >= 4 is 40.7 Å². The lowest BCUT2D eigenvalue weighted by Gasteiger charge is -2.29. The van der Waals surface area contributed by atoms with Gasteiger partial charge >= 0.3 is 6.03 Å². The summed E-state index contributed by atoms with van der Waals surface area (Å²) in [5, 5.41) is 2.97. The highest BCUT2D eigenvalue weighted by atomic mass is 32.2. The third kappa shape index (κ3) is 8.89. The van der Waals surface area contributed by atoms with Gasteiger partial charge in [-0.3, -0.25) is 4.79 Å². The van der Waals surface area contributed by atoms with E-state index in [0.717, 1.165) is 28.2 Å². The number of hydrogen-bond acceptors (Lipinski definition) is 7. The normalized spacial score (nSPS) is 14.5. The minimum atomic E-state index is -0.308. The predicted molar refractivity (Wildman–Crippen MR) is 166 cm³/mol. The van der Waals surface area contributed by atoms with E-state index in [4.69, 9.17) is 14.2 Å². The fraction of sp³-hybridized carbons (Fsp3) is 0.419. The third-order valence-electron chi connectivity index (χ3n) is 7.02. The van der Waals surface area contributed by atoms with Crippen LogP contribution in [-0.2, 0) is 22.5 Å². The van der Waals surface area contributed by atoms with Crippen LogP contribution < -0.4 is 14.8 Å². The Hall–Kier alpha value is -3.21. The molecule has 1 aromatic heterocycles. The van der Waals surface area contributed by atoms with E-state index < -0.39 is 0 Å². The molecule has 8 nitrogen and oxygen atoms in total. The van der Waals surface area contributed by atoms with Gasteiger partial charge in [0.2, 0.25) is 5.91 Å². The number of hydrogen-bond donors (Lipinski definition) is 1. The number of benzene rings is 2. The van der Waals surface area contributed by atoms with Gasteiger partial charge in [-0.1, -0.05) is 6.07 Å². The summed E-state index contributed by atoms with van der Waals surface area (Å²) in [7, 11) is 3.22. The summed E-state index contributed by atoms with van der Waals surface area (Å²) in [6, 6.07) is 17.3. The number of carbonyl (C=O) groups excluding carboxylic acids is 2. The fourth-order valence-electron chi connectivity index (χ4n) is 4.74. The molecule has 1 fully saturated rings. The molecular weight excluding hydrogens is 558 g/mol. The van der Waals surface area contributed by atoms with E-state index in [1.54, 1.807) is 42.2 Å². The average Bonchev–Trinajstić information content (AvgIpc) is 3.66. The molecule has 1 saturated heterocycles. The van der Waals surface area contributed by atoms with Gasteiger partial charge in [-0.15, -0.1) is 23.1 Å². The Morgan fingerprint density at radius 2 is 1.83 bits per heavy atom. The standard InChI is InChI=1S/C31H39N3O5S2/c1-22-7-11-27(41-22)20-33(16-15-23-8-14-28(37-2)29(18-23)38-3)30(35)21-34(19-25-6-5-17-39-25)31(36)32-24-9-12-26(40-4)13-10-24/h7-14,18,25H,5-6,15-17,19-21H2,1-4H3,(H,32,36). The Bertz CT molecular complexity index is 1290. The second kappa shape index (κ2) is 15.1. The number of urea groups is 1. The molecule has 10 heteroatoms. The molecule has 1 atom stereocenters. The van der Waals surface area contributed by atoms with Gasteiger partial charge in [0.1, 0.15) is 6.54 Å². The number of rotatable bonds is 13. The van der Waals surface area contributed by atoms with Gasteiger partial charge in [0, 0.05) is 40.0 Å². The van der Waals surface area contributed by atoms with Crippen LogP contribution in [0.15, 0.2) is 59.5 Å². The van der Waals surface area contributed by atoms with Gasteiger partial charge in [0.15, 0.2) is 11.5 Å². The van der Waals surface area contributed by atoms with E-state index >= 15 is 0 Å². The number of anilines is 1. The topological polar surface area (TPSA) is 80.3 Å². The van der Waals surface area contributed by atoms with Crippen molar-refractivity contribution in [3.05, 3.63) is 69.9 Å². The highest BCUT2D eigenvalue weighted by Gasteiger charge is 2.27. The summed E-state index contributed by atoms with van der Waals surface area (Å²) < 4.78 is 16.7. The number of thiophene rings is 1. The minimum Gasteiger partial charge on any atom is -0.493 e. The number of amides is 3. The molecule has 1 N–H and O–H groups in total. The molecule has 2 aromatic carbocycles. The number of carbonyl (C=O) groups is 2. The summed E-state index contributed by atoms with van der Waals surface area (Å²) in [6.45, 7) is 4.04. The van der Waals surface area contributed by atoms with Crippen LogP contribution >= 0.6 is 23.1 Å². The van der Waals surface area contributed by atoms with Gasteiger partial charge in [0.05, 0.1) is 26.9 Å². The van der Waals surface area contributed by atoms with Crippen LogP contribution in [0.25, 0.3) is 0 Å². The van der Waals surface area contributed by atoms with Crippen molar-refractivity contribution in [3.63, 3.8) is 0 Å². The molecule has 3 amide bonds. The molecule has 1 aliphatic heterocycles. The fourth-order valence-corrected chi connectivity index (χ4v) is 6.06. The Morgan fingerprint density at radius 3 is 2.46 bits per heavy atom. The molecule has 0 bridgehead atoms. The maximum absolute atomic E-state index is 13.8. The number of aryl methyl sites for hydroxylation is 1. The van der Waals surface area contributed by atoms with Gasteiger partial charge in [0.25, 0.3) is 0 Å².